The molecule has 4 nitrogen and oxygen atoms in total. The zero-order valence-corrected chi connectivity index (χ0v) is 11.0. The van der Waals surface area contributed by atoms with Gasteiger partial charge in [-0.05, 0) is 25.0 Å². The van der Waals surface area contributed by atoms with Gasteiger partial charge in [0.05, 0.1) is 16.9 Å². The van der Waals surface area contributed by atoms with Crippen LogP contribution in [0.15, 0.2) is 18.2 Å². The molecule has 1 aliphatic heterocycles. The lowest BCUT2D eigenvalue weighted by molar-refractivity contribution is 0.0698. The van der Waals surface area contributed by atoms with Gasteiger partial charge in [-0.15, -0.1) is 0 Å². The highest BCUT2D eigenvalue weighted by Crippen LogP contribution is 2.40. The van der Waals surface area contributed by atoms with Crippen LogP contribution in [0.5, 0.6) is 0 Å². The van der Waals surface area contributed by atoms with E-state index in [4.69, 9.17) is 0 Å². The highest BCUT2D eigenvalue weighted by Gasteiger charge is 2.34. The van der Waals surface area contributed by atoms with Crippen LogP contribution >= 0.6 is 0 Å². The van der Waals surface area contributed by atoms with Gasteiger partial charge in [0.15, 0.2) is 0 Å². The van der Waals surface area contributed by atoms with E-state index in [9.17, 15) is 9.90 Å². The van der Waals surface area contributed by atoms with Gasteiger partial charge >= 0.3 is 5.97 Å². The highest BCUT2D eigenvalue weighted by molar-refractivity contribution is 5.98. The lowest BCUT2D eigenvalue weighted by Gasteiger charge is -2.36. The van der Waals surface area contributed by atoms with Crippen molar-refractivity contribution in [2.75, 3.05) is 23.7 Å². The van der Waals surface area contributed by atoms with Gasteiger partial charge in [-0.25, -0.2) is 4.79 Å². The van der Waals surface area contributed by atoms with Crippen molar-refractivity contribution in [3.05, 3.63) is 23.8 Å². The molecule has 0 bridgehead atoms. The maximum absolute atomic E-state index is 11.3. The first-order chi connectivity index (χ1) is 9.20. The monoisotopic (exact) mass is 260 g/mol. The Balaban J connectivity index is 1.89. The van der Waals surface area contributed by atoms with Crippen molar-refractivity contribution in [2.24, 2.45) is 5.41 Å². The van der Waals surface area contributed by atoms with Crippen LogP contribution in [0.3, 0.4) is 0 Å². The molecule has 0 aromatic heterocycles. The molecule has 3 N–H and O–H groups in total. The number of benzene rings is 1. The predicted molar refractivity (Wildman–Crippen MR) is 75.9 cm³/mol. The average Bonchev–Trinajstić information content (AvgIpc) is 2.60. The molecule has 2 aliphatic rings. The normalized spacial score (nSPS) is 20.8. The van der Waals surface area contributed by atoms with Gasteiger partial charge < -0.3 is 15.7 Å². The maximum atomic E-state index is 11.3. The minimum Gasteiger partial charge on any atom is -0.478 e. The molecule has 102 valence electrons. The summed E-state index contributed by atoms with van der Waals surface area (Å²) in [4.78, 5) is 11.3. The smallest absolute Gasteiger partial charge is 0.337 e. The van der Waals surface area contributed by atoms with Gasteiger partial charge in [0.25, 0.3) is 0 Å². The van der Waals surface area contributed by atoms with Crippen molar-refractivity contribution >= 4 is 17.3 Å². The van der Waals surface area contributed by atoms with Gasteiger partial charge in [-0.1, -0.05) is 25.3 Å². The minimum atomic E-state index is -0.870. The number of rotatable bonds is 1. The maximum Gasteiger partial charge on any atom is 0.337 e. The summed E-state index contributed by atoms with van der Waals surface area (Å²) >= 11 is 0. The fraction of sp³-hybridized carbons (Fsp3) is 0.533. The number of anilines is 2. The molecule has 1 spiro atoms. The van der Waals surface area contributed by atoms with E-state index in [1.807, 2.05) is 6.07 Å². The van der Waals surface area contributed by atoms with Crippen LogP contribution in [0.1, 0.15) is 42.5 Å². The Labute approximate surface area is 113 Å². The molecule has 0 radical (unpaired) electrons. The first-order valence-corrected chi connectivity index (χ1v) is 7.04. The van der Waals surface area contributed by atoms with E-state index in [1.54, 1.807) is 12.1 Å². The van der Waals surface area contributed by atoms with Gasteiger partial charge in [0.2, 0.25) is 0 Å². The Morgan fingerprint density at radius 3 is 2.58 bits per heavy atom. The molecule has 3 rings (SSSR count). The largest absolute Gasteiger partial charge is 0.478 e. The number of para-hydroxylation sites is 1. The predicted octanol–water partition coefficient (Wildman–Crippen LogP) is 3.17. The molecular weight excluding hydrogens is 240 g/mol. The summed E-state index contributed by atoms with van der Waals surface area (Å²) in [6.45, 7) is 1.81. The first kappa shape index (κ1) is 12.3. The summed E-state index contributed by atoms with van der Waals surface area (Å²) in [5.74, 6) is -0.870. The standard InChI is InChI=1S/C15H20N2O2/c18-14(19)11-5-4-6-12-13(11)17-10-15(9-16-12)7-2-1-3-8-15/h4-6,16-17H,1-3,7-10H2,(H,18,19). The van der Waals surface area contributed by atoms with Gasteiger partial charge in [0.1, 0.15) is 0 Å². The van der Waals surface area contributed by atoms with Crippen LogP contribution in [0.4, 0.5) is 11.4 Å². The van der Waals surface area contributed by atoms with Crippen molar-refractivity contribution < 1.29 is 9.90 Å². The molecule has 0 amide bonds. The second-order valence-electron chi connectivity index (χ2n) is 5.80. The Morgan fingerprint density at radius 2 is 1.84 bits per heavy atom. The fourth-order valence-electron chi connectivity index (χ4n) is 3.34. The molecule has 4 heteroatoms. The third-order valence-corrected chi connectivity index (χ3v) is 4.50. The number of nitrogens with one attached hydrogen (secondary N) is 2. The van der Waals surface area contributed by atoms with Crippen LogP contribution in [0, 0.1) is 5.41 Å². The van der Waals surface area contributed by atoms with Crippen molar-refractivity contribution in [2.45, 2.75) is 32.1 Å². The van der Waals surface area contributed by atoms with Crippen LogP contribution in [0.2, 0.25) is 0 Å². The number of carboxylic acids is 1. The molecule has 1 saturated carbocycles. The average molecular weight is 260 g/mol. The lowest BCUT2D eigenvalue weighted by Crippen LogP contribution is -2.36. The highest BCUT2D eigenvalue weighted by atomic mass is 16.4. The van der Waals surface area contributed by atoms with Gasteiger partial charge in [0, 0.05) is 18.5 Å². The Morgan fingerprint density at radius 1 is 1.11 bits per heavy atom. The van der Waals surface area contributed by atoms with Crippen molar-refractivity contribution in [1.82, 2.24) is 0 Å². The minimum absolute atomic E-state index is 0.285. The summed E-state index contributed by atoms with van der Waals surface area (Å²) in [5.41, 5.74) is 2.31. The van der Waals surface area contributed by atoms with Gasteiger partial charge in [-0.3, -0.25) is 0 Å². The number of carbonyl (C=O) groups is 1. The quantitative estimate of drug-likeness (QED) is 0.725. The Bertz CT molecular complexity index is 493. The first-order valence-electron chi connectivity index (χ1n) is 7.04. The van der Waals surface area contributed by atoms with Crippen LogP contribution in [0.25, 0.3) is 0 Å². The van der Waals surface area contributed by atoms with E-state index in [0.29, 0.717) is 5.56 Å². The molecule has 1 aliphatic carbocycles. The Kier molecular flexibility index (Phi) is 3.09. The zero-order valence-electron chi connectivity index (χ0n) is 11.0. The molecule has 0 unspecified atom stereocenters. The van der Waals surface area contributed by atoms with E-state index in [0.717, 1.165) is 24.5 Å². The molecule has 1 fully saturated rings. The van der Waals surface area contributed by atoms with E-state index in [1.165, 1.54) is 32.1 Å². The molecule has 1 heterocycles. The topological polar surface area (TPSA) is 61.4 Å². The van der Waals surface area contributed by atoms with E-state index >= 15 is 0 Å². The van der Waals surface area contributed by atoms with Crippen molar-refractivity contribution in [3.8, 4) is 0 Å². The zero-order chi connectivity index (χ0) is 13.3. The molecule has 19 heavy (non-hydrogen) atoms. The fourth-order valence-corrected chi connectivity index (χ4v) is 3.34. The summed E-state index contributed by atoms with van der Waals surface area (Å²) in [7, 11) is 0. The molecule has 0 atom stereocenters. The SMILES string of the molecule is O=C(O)c1cccc2c1NCC1(CCCCC1)CN2. The summed E-state index contributed by atoms with van der Waals surface area (Å²) in [6, 6.07) is 5.42. The molecule has 1 aromatic rings. The number of hydrogen-bond donors (Lipinski definition) is 3. The van der Waals surface area contributed by atoms with Crippen LogP contribution in [-0.4, -0.2) is 24.2 Å². The van der Waals surface area contributed by atoms with Crippen LogP contribution < -0.4 is 10.6 Å². The number of fused-ring (bicyclic) bond motifs is 1. The van der Waals surface area contributed by atoms with E-state index in [-0.39, 0.29) is 5.41 Å². The van der Waals surface area contributed by atoms with E-state index in [2.05, 4.69) is 10.6 Å². The Hall–Kier alpha value is -1.71. The van der Waals surface area contributed by atoms with E-state index < -0.39 is 5.97 Å². The lowest BCUT2D eigenvalue weighted by atomic mass is 9.74. The van der Waals surface area contributed by atoms with Crippen LogP contribution in [-0.2, 0) is 0 Å². The summed E-state index contributed by atoms with van der Waals surface area (Å²) in [6.07, 6.45) is 6.35. The number of aromatic carboxylic acids is 1. The second-order valence-corrected chi connectivity index (χ2v) is 5.80. The van der Waals surface area contributed by atoms with Crippen molar-refractivity contribution in [1.29, 1.82) is 0 Å². The van der Waals surface area contributed by atoms with Crippen molar-refractivity contribution in [3.63, 3.8) is 0 Å². The summed E-state index contributed by atoms with van der Waals surface area (Å²) < 4.78 is 0. The second kappa shape index (κ2) is 4.76. The third-order valence-electron chi connectivity index (χ3n) is 4.50. The summed E-state index contributed by atoms with van der Waals surface area (Å²) in [5, 5.41) is 16.1. The number of hydrogen-bond acceptors (Lipinski definition) is 3. The molecule has 1 aromatic carbocycles. The molecular formula is C15H20N2O2. The molecule has 0 saturated heterocycles. The third kappa shape index (κ3) is 2.27. The van der Waals surface area contributed by atoms with Gasteiger partial charge in [-0.2, -0.15) is 0 Å². The number of carboxylic acid groups (broad SMARTS) is 1.